The number of nitrogens with one attached hydrogen (secondary N) is 1. The Morgan fingerprint density at radius 3 is 2.60 bits per heavy atom. The molecule has 0 radical (unpaired) electrons. The average molecular weight is 346 g/mol. The molecule has 1 aromatic carbocycles. The van der Waals surface area contributed by atoms with Crippen molar-refractivity contribution in [1.82, 2.24) is 15.0 Å². The summed E-state index contributed by atoms with van der Waals surface area (Å²) in [6.45, 7) is 6.33. The first-order valence-electron chi connectivity index (χ1n) is 8.13. The highest BCUT2D eigenvalue weighted by Crippen LogP contribution is 2.32. The predicted molar refractivity (Wildman–Crippen MR) is 105 cm³/mol. The molecular formula is C20H18N4S. The third kappa shape index (κ3) is 3.10. The van der Waals surface area contributed by atoms with E-state index in [1.54, 1.807) is 23.7 Å². The molecule has 4 rings (SSSR count). The van der Waals surface area contributed by atoms with Gasteiger partial charge in [0.2, 0.25) is 0 Å². The molecule has 0 bridgehead atoms. The largest absolute Gasteiger partial charge is 0.340 e. The molecule has 0 aliphatic rings. The summed E-state index contributed by atoms with van der Waals surface area (Å²) in [6, 6.07) is 12.4. The second kappa shape index (κ2) is 6.26. The minimum Gasteiger partial charge on any atom is -0.340 e. The van der Waals surface area contributed by atoms with Gasteiger partial charge >= 0.3 is 0 Å². The zero-order valence-corrected chi connectivity index (χ0v) is 15.2. The summed E-state index contributed by atoms with van der Waals surface area (Å²) >= 11 is 1.68. The van der Waals surface area contributed by atoms with Crippen molar-refractivity contribution >= 4 is 33.1 Å². The minimum atomic E-state index is 0.689. The predicted octanol–water partition coefficient (Wildman–Crippen LogP) is 5.42. The maximum absolute atomic E-state index is 4.78. The monoisotopic (exact) mass is 346 g/mol. The Hall–Kier alpha value is -2.79. The van der Waals surface area contributed by atoms with Crippen LogP contribution in [-0.4, -0.2) is 15.0 Å². The number of benzene rings is 1. The molecule has 0 aliphatic carbocycles. The van der Waals surface area contributed by atoms with E-state index in [4.69, 9.17) is 9.97 Å². The molecule has 0 amide bonds. The van der Waals surface area contributed by atoms with E-state index in [0.29, 0.717) is 5.82 Å². The van der Waals surface area contributed by atoms with Gasteiger partial charge in [-0.1, -0.05) is 6.07 Å². The topological polar surface area (TPSA) is 50.7 Å². The lowest BCUT2D eigenvalue weighted by Crippen LogP contribution is -1.98. The quantitative estimate of drug-likeness (QED) is 0.538. The van der Waals surface area contributed by atoms with Crippen LogP contribution < -0.4 is 5.32 Å². The first kappa shape index (κ1) is 15.7. The van der Waals surface area contributed by atoms with Crippen molar-refractivity contribution in [2.24, 2.45) is 0 Å². The van der Waals surface area contributed by atoms with E-state index in [2.05, 4.69) is 55.3 Å². The Kier molecular flexibility index (Phi) is 3.93. The highest BCUT2D eigenvalue weighted by Gasteiger charge is 2.12. The molecule has 5 heteroatoms. The molecule has 3 heterocycles. The summed E-state index contributed by atoms with van der Waals surface area (Å²) in [5.74, 6) is 1.52. The lowest BCUT2D eigenvalue weighted by molar-refractivity contribution is 1.21. The first-order chi connectivity index (χ1) is 12.1. The number of aryl methyl sites for hydroxylation is 3. The number of anilines is 2. The molecule has 1 N–H and O–H groups in total. The van der Waals surface area contributed by atoms with Gasteiger partial charge in [0.15, 0.2) is 5.82 Å². The van der Waals surface area contributed by atoms with Gasteiger partial charge < -0.3 is 5.32 Å². The van der Waals surface area contributed by atoms with Crippen LogP contribution in [0.5, 0.6) is 0 Å². The summed E-state index contributed by atoms with van der Waals surface area (Å²) < 4.78 is 0. The van der Waals surface area contributed by atoms with Gasteiger partial charge in [-0.2, -0.15) is 0 Å². The van der Waals surface area contributed by atoms with Gasteiger partial charge in [-0.3, -0.25) is 4.98 Å². The third-order valence-electron chi connectivity index (χ3n) is 4.21. The Bertz CT molecular complexity index is 1050. The molecule has 0 saturated heterocycles. The van der Waals surface area contributed by atoms with Crippen LogP contribution in [0.4, 0.5) is 11.5 Å². The molecule has 3 aromatic heterocycles. The highest BCUT2D eigenvalue weighted by atomic mass is 32.1. The number of rotatable bonds is 3. The average Bonchev–Trinajstić information content (AvgIpc) is 2.99. The highest BCUT2D eigenvalue weighted by molar-refractivity contribution is 7.18. The van der Waals surface area contributed by atoms with Crippen molar-refractivity contribution in [3.05, 3.63) is 64.8 Å². The Morgan fingerprint density at radius 1 is 0.960 bits per heavy atom. The number of pyridine rings is 1. The standard InChI is InChI=1S/C20H18N4S/c1-12-6-7-16(9-13(12)2)22-19-17-10-14(3)25-20(17)24-18(23-19)15-5-4-8-21-11-15/h4-11H,1-3H3,(H,22,23,24). The summed E-state index contributed by atoms with van der Waals surface area (Å²) in [6.07, 6.45) is 3.55. The van der Waals surface area contributed by atoms with E-state index in [0.717, 1.165) is 27.3 Å². The molecule has 4 nitrogen and oxygen atoms in total. The fourth-order valence-electron chi connectivity index (χ4n) is 2.72. The fraction of sp³-hybridized carbons (Fsp3) is 0.150. The molecule has 0 fully saturated rings. The molecule has 4 aromatic rings. The minimum absolute atomic E-state index is 0.689. The van der Waals surface area contributed by atoms with Gasteiger partial charge in [0.1, 0.15) is 10.6 Å². The Labute approximate surface area is 150 Å². The van der Waals surface area contributed by atoms with E-state index >= 15 is 0 Å². The summed E-state index contributed by atoms with van der Waals surface area (Å²) in [5.41, 5.74) is 4.48. The number of aromatic nitrogens is 3. The van der Waals surface area contributed by atoms with Gasteiger partial charge in [-0.05, 0) is 62.2 Å². The number of nitrogens with zero attached hydrogens (tertiary/aromatic N) is 3. The van der Waals surface area contributed by atoms with Crippen LogP contribution >= 0.6 is 11.3 Å². The van der Waals surface area contributed by atoms with Crippen LogP contribution in [0.1, 0.15) is 16.0 Å². The van der Waals surface area contributed by atoms with E-state index < -0.39 is 0 Å². The first-order valence-corrected chi connectivity index (χ1v) is 8.94. The van der Waals surface area contributed by atoms with E-state index in [1.165, 1.54) is 16.0 Å². The van der Waals surface area contributed by atoms with Gasteiger partial charge in [0, 0.05) is 28.5 Å². The van der Waals surface area contributed by atoms with Gasteiger partial charge in [0.25, 0.3) is 0 Å². The molecule has 124 valence electrons. The maximum Gasteiger partial charge on any atom is 0.164 e. The SMILES string of the molecule is Cc1cc2c(Nc3ccc(C)c(C)c3)nc(-c3cccnc3)nc2s1. The van der Waals surface area contributed by atoms with Crippen LogP contribution in [0.15, 0.2) is 48.8 Å². The zero-order valence-electron chi connectivity index (χ0n) is 14.4. The Balaban J connectivity index is 1.84. The molecule has 0 atom stereocenters. The van der Waals surface area contributed by atoms with E-state index in [1.807, 2.05) is 12.1 Å². The number of thiophene rings is 1. The van der Waals surface area contributed by atoms with Gasteiger partial charge in [0.05, 0.1) is 5.39 Å². The smallest absolute Gasteiger partial charge is 0.164 e. The molecular weight excluding hydrogens is 328 g/mol. The number of hydrogen-bond donors (Lipinski definition) is 1. The normalized spacial score (nSPS) is 11.0. The molecule has 0 saturated carbocycles. The van der Waals surface area contributed by atoms with Crippen molar-refractivity contribution in [1.29, 1.82) is 0 Å². The Morgan fingerprint density at radius 2 is 1.84 bits per heavy atom. The lowest BCUT2D eigenvalue weighted by Gasteiger charge is -2.10. The lowest BCUT2D eigenvalue weighted by atomic mass is 10.1. The van der Waals surface area contributed by atoms with Crippen LogP contribution in [0.25, 0.3) is 21.6 Å². The number of hydrogen-bond acceptors (Lipinski definition) is 5. The summed E-state index contributed by atoms with van der Waals surface area (Å²) in [4.78, 5) is 15.9. The van der Waals surface area contributed by atoms with Crippen molar-refractivity contribution in [3.63, 3.8) is 0 Å². The molecule has 25 heavy (non-hydrogen) atoms. The van der Waals surface area contributed by atoms with Gasteiger partial charge in [-0.25, -0.2) is 9.97 Å². The van der Waals surface area contributed by atoms with Crippen molar-refractivity contribution < 1.29 is 0 Å². The van der Waals surface area contributed by atoms with Crippen molar-refractivity contribution in [2.45, 2.75) is 20.8 Å². The van der Waals surface area contributed by atoms with Crippen LogP contribution in [0.2, 0.25) is 0 Å². The van der Waals surface area contributed by atoms with E-state index in [9.17, 15) is 0 Å². The van der Waals surface area contributed by atoms with Crippen molar-refractivity contribution in [3.8, 4) is 11.4 Å². The molecule has 0 aliphatic heterocycles. The number of fused-ring (bicyclic) bond motifs is 1. The summed E-state index contributed by atoms with van der Waals surface area (Å²) in [5, 5.41) is 4.52. The van der Waals surface area contributed by atoms with E-state index in [-0.39, 0.29) is 0 Å². The molecule has 0 unspecified atom stereocenters. The van der Waals surface area contributed by atoms with Crippen LogP contribution in [0.3, 0.4) is 0 Å². The summed E-state index contributed by atoms with van der Waals surface area (Å²) in [7, 11) is 0. The second-order valence-corrected chi connectivity index (χ2v) is 7.37. The van der Waals surface area contributed by atoms with Crippen LogP contribution in [-0.2, 0) is 0 Å². The van der Waals surface area contributed by atoms with Gasteiger partial charge in [-0.15, -0.1) is 11.3 Å². The second-order valence-electron chi connectivity index (χ2n) is 6.14. The van der Waals surface area contributed by atoms with Crippen molar-refractivity contribution in [2.75, 3.05) is 5.32 Å². The fourth-order valence-corrected chi connectivity index (χ4v) is 3.60. The zero-order chi connectivity index (χ0) is 17.4. The third-order valence-corrected chi connectivity index (χ3v) is 5.15. The molecule has 0 spiro atoms. The maximum atomic E-state index is 4.78. The van der Waals surface area contributed by atoms with Crippen LogP contribution in [0, 0.1) is 20.8 Å².